The Hall–Kier alpha value is -1.62. The van der Waals surface area contributed by atoms with Gasteiger partial charge in [0.05, 0.1) is 0 Å². The van der Waals surface area contributed by atoms with Gasteiger partial charge in [0.2, 0.25) is 0 Å². The molecular formula is C16H25N3O2. The molecule has 2 heterocycles. The number of hydrogen-bond acceptors (Lipinski definition) is 4. The number of rotatable bonds is 5. The summed E-state index contributed by atoms with van der Waals surface area (Å²) < 4.78 is 0. The van der Waals surface area contributed by atoms with E-state index < -0.39 is 5.97 Å². The average molecular weight is 291 g/mol. The van der Waals surface area contributed by atoms with E-state index >= 15 is 0 Å². The van der Waals surface area contributed by atoms with Crippen LogP contribution in [0.5, 0.6) is 0 Å². The lowest BCUT2D eigenvalue weighted by atomic mass is 10.1. The number of aromatic nitrogens is 1. The Labute approximate surface area is 126 Å². The van der Waals surface area contributed by atoms with Crippen LogP contribution in [0.3, 0.4) is 0 Å². The molecule has 0 spiro atoms. The van der Waals surface area contributed by atoms with E-state index in [4.69, 9.17) is 0 Å². The van der Waals surface area contributed by atoms with Gasteiger partial charge in [-0.1, -0.05) is 0 Å². The Kier molecular flexibility index (Phi) is 4.83. The smallest absolute Gasteiger partial charge is 0.339 e. The van der Waals surface area contributed by atoms with Gasteiger partial charge in [-0.05, 0) is 58.2 Å². The normalized spacial score (nSPS) is 19.2. The molecule has 1 atom stereocenters. The van der Waals surface area contributed by atoms with E-state index in [1.165, 1.54) is 0 Å². The van der Waals surface area contributed by atoms with Gasteiger partial charge in [-0.2, -0.15) is 0 Å². The van der Waals surface area contributed by atoms with Gasteiger partial charge in [-0.3, -0.25) is 0 Å². The van der Waals surface area contributed by atoms with Gasteiger partial charge in [0.25, 0.3) is 0 Å². The lowest BCUT2D eigenvalue weighted by Crippen LogP contribution is -2.29. The third-order valence-corrected chi connectivity index (χ3v) is 4.16. The number of likely N-dealkylation sites (tertiary alicyclic amines) is 1. The van der Waals surface area contributed by atoms with Crippen LogP contribution in [-0.2, 0) is 0 Å². The Bertz CT molecular complexity index is 528. The van der Waals surface area contributed by atoms with E-state index in [-0.39, 0.29) is 0 Å². The summed E-state index contributed by atoms with van der Waals surface area (Å²) >= 11 is 0. The number of aromatic carboxylic acids is 1. The lowest BCUT2D eigenvalue weighted by Gasteiger charge is -2.20. The number of carboxylic acid groups (broad SMARTS) is 1. The summed E-state index contributed by atoms with van der Waals surface area (Å²) in [4.78, 5) is 18.2. The minimum atomic E-state index is -0.919. The Balaban J connectivity index is 2.05. The van der Waals surface area contributed by atoms with Gasteiger partial charge in [0.15, 0.2) is 0 Å². The number of hydrogen-bond donors (Lipinski definition) is 2. The van der Waals surface area contributed by atoms with Crippen molar-refractivity contribution in [2.24, 2.45) is 5.92 Å². The topological polar surface area (TPSA) is 65.5 Å². The maximum atomic E-state index is 11.4. The fraction of sp³-hybridized carbons (Fsp3) is 0.625. The van der Waals surface area contributed by atoms with Crippen LogP contribution in [-0.4, -0.2) is 46.6 Å². The van der Waals surface area contributed by atoms with Gasteiger partial charge in [0.1, 0.15) is 11.4 Å². The molecule has 0 radical (unpaired) electrons. The van der Waals surface area contributed by atoms with Crippen molar-refractivity contribution in [2.75, 3.05) is 25.0 Å². The number of anilines is 1. The molecule has 1 aliphatic rings. The zero-order chi connectivity index (χ0) is 15.6. The van der Waals surface area contributed by atoms with Crippen LogP contribution in [0.25, 0.3) is 0 Å². The molecule has 1 fully saturated rings. The van der Waals surface area contributed by atoms with Crippen molar-refractivity contribution in [3.63, 3.8) is 0 Å². The Morgan fingerprint density at radius 1 is 1.52 bits per heavy atom. The molecule has 1 aromatic rings. The summed E-state index contributed by atoms with van der Waals surface area (Å²) in [5, 5.41) is 12.6. The number of carbonyl (C=O) groups is 1. The van der Waals surface area contributed by atoms with E-state index in [2.05, 4.69) is 29.0 Å². The largest absolute Gasteiger partial charge is 0.478 e. The van der Waals surface area contributed by atoms with Crippen LogP contribution in [0.1, 0.15) is 41.9 Å². The highest BCUT2D eigenvalue weighted by molar-refractivity contribution is 5.94. The summed E-state index contributed by atoms with van der Waals surface area (Å²) in [7, 11) is 0. The summed E-state index contributed by atoms with van der Waals surface area (Å²) in [6.45, 7) is 11.1. The molecule has 0 bridgehead atoms. The molecule has 2 N–H and O–H groups in total. The molecule has 1 aliphatic heterocycles. The zero-order valence-electron chi connectivity index (χ0n) is 13.3. The predicted molar refractivity (Wildman–Crippen MR) is 84.0 cm³/mol. The predicted octanol–water partition coefficient (Wildman–Crippen LogP) is 2.54. The first kappa shape index (κ1) is 15.8. The summed E-state index contributed by atoms with van der Waals surface area (Å²) in [5.74, 6) is 0.136. The Morgan fingerprint density at radius 3 is 2.81 bits per heavy atom. The molecule has 1 saturated heterocycles. The van der Waals surface area contributed by atoms with E-state index in [1.54, 1.807) is 0 Å². The Morgan fingerprint density at radius 2 is 2.24 bits per heavy atom. The van der Waals surface area contributed by atoms with Crippen LogP contribution in [0, 0.1) is 19.8 Å². The molecule has 0 saturated carbocycles. The maximum Gasteiger partial charge on any atom is 0.339 e. The van der Waals surface area contributed by atoms with Crippen molar-refractivity contribution in [1.29, 1.82) is 0 Å². The van der Waals surface area contributed by atoms with Crippen molar-refractivity contribution in [3.05, 3.63) is 22.9 Å². The second-order valence-corrected chi connectivity index (χ2v) is 6.23. The average Bonchev–Trinajstić information content (AvgIpc) is 2.83. The van der Waals surface area contributed by atoms with E-state index in [9.17, 15) is 9.90 Å². The highest BCUT2D eigenvalue weighted by atomic mass is 16.4. The minimum Gasteiger partial charge on any atom is -0.478 e. The van der Waals surface area contributed by atoms with Crippen molar-refractivity contribution >= 4 is 11.8 Å². The van der Waals surface area contributed by atoms with Gasteiger partial charge in [-0.15, -0.1) is 0 Å². The molecule has 2 rings (SSSR count). The van der Waals surface area contributed by atoms with Crippen LogP contribution in [0.2, 0.25) is 0 Å². The number of carboxylic acids is 1. The maximum absolute atomic E-state index is 11.4. The molecule has 1 unspecified atom stereocenters. The monoisotopic (exact) mass is 291 g/mol. The van der Waals surface area contributed by atoms with Crippen molar-refractivity contribution < 1.29 is 9.90 Å². The molecule has 1 aromatic heterocycles. The van der Waals surface area contributed by atoms with E-state index in [1.807, 2.05) is 19.9 Å². The third kappa shape index (κ3) is 3.73. The van der Waals surface area contributed by atoms with Crippen LogP contribution in [0.4, 0.5) is 5.82 Å². The SMILES string of the molecule is Cc1cc(C)c(C(=O)O)c(NCC2CCN(C(C)C)C2)n1. The number of aryl methyl sites for hydroxylation is 2. The van der Waals surface area contributed by atoms with Gasteiger partial charge >= 0.3 is 5.97 Å². The van der Waals surface area contributed by atoms with Gasteiger partial charge in [-0.25, -0.2) is 9.78 Å². The zero-order valence-corrected chi connectivity index (χ0v) is 13.3. The van der Waals surface area contributed by atoms with Gasteiger partial charge in [0, 0.05) is 24.8 Å². The fourth-order valence-electron chi connectivity index (χ4n) is 2.97. The molecule has 0 aliphatic carbocycles. The first-order valence-electron chi connectivity index (χ1n) is 7.58. The number of nitrogens with one attached hydrogen (secondary N) is 1. The van der Waals surface area contributed by atoms with E-state index in [0.717, 1.165) is 37.3 Å². The fourth-order valence-corrected chi connectivity index (χ4v) is 2.97. The minimum absolute atomic E-state index is 0.291. The second-order valence-electron chi connectivity index (χ2n) is 6.23. The molecule has 21 heavy (non-hydrogen) atoms. The summed E-state index contributed by atoms with van der Waals surface area (Å²) in [6, 6.07) is 2.38. The highest BCUT2D eigenvalue weighted by Crippen LogP contribution is 2.22. The number of pyridine rings is 1. The number of nitrogens with zero attached hydrogens (tertiary/aromatic N) is 2. The molecule has 5 heteroatoms. The van der Waals surface area contributed by atoms with Crippen molar-refractivity contribution in [1.82, 2.24) is 9.88 Å². The summed E-state index contributed by atoms with van der Waals surface area (Å²) in [5.41, 5.74) is 1.89. The highest BCUT2D eigenvalue weighted by Gasteiger charge is 2.24. The lowest BCUT2D eigenvalue weighted by molar-refractivity contribution is 0.0697. The molecule has 5 nitrogen and oxygen atoms in total. The second kappa shape index (κ2) is 6.43. The standard InChI is InChI=1S/C16H25N3O2/c1-10(2)19-6-5-13(9-19)8-17-15-14(16(20)21)11(3)7-12(4)18-15/h7,10,13H,5-6,8-9H2,1-4H3,(H,17,18)(H,20,21). The van der Waals surface area contributed by atoms with Crippen molar-refractivity contribution in [2.45, 2.75) is 40.2 Å². The van der Waals surface area contributed by atoms with Gasteiger partial charge < -0.3 is 15.3 Å². The molecule has 0 amide bonds. The molecule has 0 aromatic carbocycles. The van der Waals surface area contributed by atoms with Crippen LogP contribution in [0.15, 0.2) is 6.07 Å². The van der Waals surface area contributed by atoms with Crippen molar-refractivity contribution in [3.8, 4) is 0 Å². The first-order chi connectivity index (χ1) is 9.88. The molecule has 116 valence electrons. The quantitative estimate of drug-likeness (QED) is 0.872. The van der Waals surface area contributed by atoms with Crippen LogP contribution >= 0.6 is 0 Å². The first-order valence-corrected chi connectivity index (χ1v) is 7.58. The summed E-state index contributed by atoms with van der Waals surface area (Å²) in [6.07, 6.45) is 1.15. The molecular weight excluding hydrogens is 266 g/mol. The third-order valence-electron chi connectivity index (χ3n) is 4.16. The van der Waals surface area contributed by atoms with Crippen LogP contribution < -0.4 is 5.32 Å². The van der Waals surface area contributed by atoms with E-state index in [0.29, 0.717) is 23.3 Å².